The smallest absolute Gasteiger partial charge is 0.246 e. The first-order valence-electron chi connectivity index (χ1n) is 7.68. The molecule has 3 atom stereocenters. The molecule has 0 spiro atoms. The van der Waals surface area contributed by atoms with E-state index in [1.165, 1.54) is 19.3 Å². The highest BCUT2D eigenvalue weighted by Gasteiger charge is 2.42. The molecule has 20 heavy (non-hydrogen) atoms. The van der Waals surface area contributed by atoms with E-state index in [1.54, 1.807) is 16.7 Å². The van der Waals surface area contributed by atoms with Crippen molar-refractivity contribution in [3.05, 3.63) is 0 Å². The summed E-state index contributed by atoms with van der Waals surface area (Å²) >= 11 is 1.73. The molecule has 5 heteroatoms. The van der Waals surface area contributed by atoms with Gasteiger partial charge in [0.2, 0.25) is 11.8 Å². The largest absolute Gasteiger partial charge is 0.342 e. The molecular weight excluding hydrogens is 272 g/mol. The molecule has 0 radical (unpaired) electrons. The summed E-state index contributed by atoms with van der Waals surface area (Å²) in [5, 5.41) is 3.33. The molecule has 0 aromatic heterocycles. The van der Waals surface area contributed by atoms with Crippen molar-refractivity contribution >= 4 is 23.6 Å². The van der Waals surface area contributed by atoms with Gasteiger partial charge in [-0.05, 0) is 31.9 Å². The fourth-order valence-corrected chi connectivity index (χ4v) is 3.54. The van der Waals surface area contributed by atoms with E-state index >= 15 is 0 Å². The van der Waals surface area contributed by atoms with Crippen LogP contribution in [0.4, 0.5) is 0 Å². The second kappa shape index (κ2) is 6.83. The molecular formula is C15H26N2O2S. The fourth-order valence-electron chi connectivity index (χ4n) is 3.23. The highest BCUT2D eigenvalue weighted by Crippen LogP contribution is 2.29. The summed E-state index contributed by atoms with van der Waals surface area (Å²) in [7, 11) is 0. The molecule has 1 saturated carbocycles. The number of nitrogens with one attached hydrogen (secondary N) is 1. The molecule has 4 nitrogen and oxygen atoms in total. The van der Waals surface area contributed by atoms with Crippen LogP contribution in [0.25, 0.3) is 0 Å². The average Bonchev–Trinajstić information content (AvgIpc) is 2.48. The number of piperazine rings is 1. The molecule has 2 amide bonds. The maximum atomic E-state index is 12.7. The second-order valence-electron chi connectivity index (χ2n) is 6.10. The van der Waals surface area contributed by atoms with Crippen molar-refractivity contribution in [1.82, 2.24) is 10.2 Å². The Labute approximate surface area is 126 Å². The predicted octanol–water partition coefficient (Wildman–Crippen LogP) is 2.03. The summed E-state index contributed by atoms with van der Waals surface area (Å²) in [5.41, 5.74) is 0. The number of thioether (sulfide) groups is 1. The maximum Gasteiger partial charge on any atom is 0.246 e. The monoisotopic (exact) mass is 298 g/mol. The van der Waals surface area contributed by atoms with Crippen molar-refractivity contribution < 1.29 is 9.59 Å². The Kier molecular flexibility index (Phi) is 5.35. The molecule has 1 aliphatic carbocycles. The summed E-state index contributed by atoms with van der Waals surface area (Å²) in [6.07, 6.45) is 7.80. The van der Waals surface area contributed by atoms with Gasteiger partial charge in [-0.1, -0.05) is 26.2 Å². The van der Waals surface area contributed by atoms with E-state index in [0.717, 1.165) is 12.8 Å². The Hall–Kier alpha value is -0.710. The second-order valence-corrected chi connectivity index (χ2v) is 7.37. The van der Waals surface area contributed by atoms with E-state index in [9.17, 15) is 9.59 Å². The normalized spacial score (nSPS) is 30.2. The molecule has 0 aromatic carbocycles. The Morgan fingerprint density at radius 2 is 1.95 bits per heavy atom. The van der Waals surface area contributed by atoms with Gasteiger partial charge < -0.3 is 10.2 Å². The van der Waals surface area contributed by atoms with Gasteiger partial charge in [0.05, 0.1) is 0 Å². The van der Waals surface area contributed by atoms with Crippen LogP contribution in [0.5, 0.6) is 0 Å². The van der Waals surface area contributed by atoms with Crippen LogP contribution in [0.3, 0.4) is 0 Å². The standard InChI is InChI=1S/C15H26N2O2S/c1-10(20-3)9-17-11(2)14(18)16-13(15(17)19)12-7-5-4-6-8-12/h10-13H,4-9H2,1-3H3,(H,16,18). The van der Waals surface area contributed by atoms with Crippen LogP contribution >= 0.6 is 11.8 Å². The van der Waals surface area contributed by atoms with Crippen molar-refractivity contribution in [2.75, 3.05) is 12.8 Å². The quantitative estimate of drug-likeness (QED) is 0.864. The minimum absolute atomic E-state index is 0.00785. The van der Waals surface area contributed by atoms with Crippen molar-refractivity contribution in [2.45, 2.75) is 63.3 Å². The van der Waals surface area contributed by atoms with E-state index in [0.29, 0.717) is 17.7 Å². The first-order valence-corrected chi connectivity index (χ1v) is 8.97. The van der Waals surface area contributed by atoms with Gasteiger partial charge >= 0.3 is 0 Å². The Balaban J connectivity index is 2.10. The van der Waals surface area contributed by atoms with Crippen molar-refractivity contribution in [3.63, 3.8) is 0 Å². The van der Waals surface area contributed by atoms with E-state index in [1.807, 2.05) is 13.2 Å². The van der Waals surface area contributed by atoms with Crippen molar-refractivity contribution in [3.8, 4) is 0 Å². The molecule has 2 rings (SSSR count). The van der Waals surface area contributed by atoms with Crippen LogP contribution in [0.1, 0.15) is 46.0 Å². The lowest BCUT2D eigenvalue weighted by atomic mass is 9.82. The molecule has 1 aliphatic heterocycles. The highest BCUT2D eigenvalue weighted by atomic mass is 32.2. The number of rotatable bonds is 4. The molecule has 3 unspecified atom stereocenters. The lowest BCUT2D eigenvalue weighted by Gasteiger charge is -2.42. The molecule has 0 aromatic rings. The lowest BCUT2D eigenvalue weighted by Crippen LogP contribution is -2.65. The number of nitrogens with zero attached hydrogens (tertiary/aromatic N) is 1. The zero-order valence-electron chi connectivity index (χ0n) is 12.7. The van der Waals surface area contributed by atoms with E-state index in [2.05, 4.69) is 12.2 Å². The third kappa shape index (κ3) is 3.30. The highest BCUT2D eigenvalue weighted by molar-refractivity contribution is 7.99. The SMILES string of the molecule is CSC(C)CN1C(=O)C(C2CCCCC2)NC(=O)C1C. The van der Waals surface area contributed by atoms with Crippen LogP contribution in [-0.4, -0.2) is 46.8 Å². The Morgan fingerprint density at radius 1 is 1.30 bits per heavy atom. The summed E-state index contributed by atoms with van der Waals surface area (Å²) in [6, 6.07) is -0.620. The number of hydrogen-bond acceptors (Lipinski definition) is 3. The van der Waals surface area contributed by atoms with Gasteiger partial charge in [-0.3, -0.25) is 9.59 Å². The first kappa shape index (κ1) is 15.7. The molecule has 1 saturated heterocycles. The number of carbonyl (C=O) groups excluding carboxylic acids is 2. The number of carbonyl (C=O) groups is 2. The van der Waals surface area contributed by atoms with Gasteiger partial charge in [0.25, 0.3) is 0 Å². The van der Waals surface area contributed by atoms with Gasteiger partial charge in [-0.2, -0.15) is 11.8 Å². The average molecular weight is 298 g/mol. The third-order valence-electron chi connectivity index (χ3n) is 4.67. The van der Waals surface area contributed by atoms with Crippen LogP contribution in [-0.2, 0) is 9.59 Å². The van der Waals surface area contributed by atoms with Crippen LogP contribution in [0.2, 0.25) is 0 Å². The molecule has 0 bridgehead atoms. The topological polar surface area (TPSA) is 49.4 Å². The molecule has 1 heterocycles. The van der Waals surface area contributed by atoms with Crippen LogP contribution in [0, 0.1) is 5.92 Å². The third-order valence-corrected chi connectivity index (χ3v) is 5.63. The lowest BCUT2D eigenvalue weighted by molar-refractivity contribution is -0.150. The Bertz CT molecular complexity index is 365. The fraction of sp³-hybridized carbons (Fsp3) is 0.867. The van der Waals surface area contributed by atoms with Crippen molar-refractivity contribution in [1.29, 1.82) is 0 Å². The maximum absolute atomic E-state index is 12.7. The summed E-state index contributed by atoms with van der Waals surface area (Å²) in [4.78, 5) is 26.7. The zero-order valence-corrected chi connectivity index (χ0v) is 13.5. The van der Waals surface area contributed by atoms with Crippen molar-refractivity contribution in [2.24, 2.45) is 5.92 Å². The number of amides is 2. The van der Waals surface area contributed by atoms with E-state index < -0.39 is 0 Å². The van der Waals surface area contributed by atoms with Gasteiger partial charge in [0.1, 0.15) is 12.1 Å². The first-order chi connectivity index (χ1) is 9.54. The van der Waals surface area contributed by atoms with Gasteiger partial charge in [-0.15, -0.1) is 0 Å². The Morgan fingerprint density at radius 3 is 2.55 bits per heavy atom. The molecule has 2 fully saturated rings. The molecule has 114 valence electrons. The zero-order chi connectivity index (χ0) is 14.7. The van der Waals surface area contributed by atoms with E-state index in [4.69, 9.17) is 0 Å². The van der Waals surface area contributed by atoms with Gasteiger partial charge in [0.15, 0.2) is 0 Å². The van der Waals surface area contributed by atoms with Gasteiger partial charge in [-0.25, -0.2) is 0 Å². The summed E-state index contributed by atoms with van der Waals surface area (Å²) in [5.74, 6) is 0.471. The predicted molar refractivity (Wildman–Crippen MR) is 82.7 cm³/mol. The van der Waals surface area contributed by atoms with E-state index in [-0.39, 0.29) is 23.9 Å². The molecule has 1 N–H and O–H groups in total. The minimum atomic E-state index is -0.336. The molecule has 2 aliphatic rings. The minimum Gasteiger partial charge on any atom is -0.342 e. The number of hydrogen-bond donors (Lipinski definition) is 1. The van der Waals surface area contributed by atoms with Crippen LogP contribution < -0.4 is 5.32 Å². The van der Waals surface area contributed by atoms with Gasteiger partial charge in [0, 0.05) is 11.8 Å². The summed E-state index contributed by atoms with van der Waals surface area (Å²) < 4.78 is 0. The summed E-state index contributed by atoms with van der Waals surface area (Å²) in [6.45, 7) is 4.60. The van der Waals surface area contributed by atoms with Crippen LogP contribution in [0.15, 0.2) is 0 Å².